The first-order valence-corrected chi connectivity index (χ1v) is 7.69. The zero-order chi connectivity index (χ0) is 14.7. The third-order valence-electron chi connectivity index (χ3n) is 2.58. The number of hydrogen-bond acceptors (Lipinski definition) is 2. The number of hydrogen-bond donors (Lipinski definition) is 1. The van der Waals surface area contributed by atoms with Crippen LogP contribution in [-0.4, -0.2) is 11.1 Å². The molecular formula is C14H9Cl3O2S. The van der Waals surface area contributed by atoms with Gasteiger partial charge in [-0.3, -0.25) is 0 Å². The minimum absolute atomic E-state index is 0.171. The normalized spacial score (nSPS) is 10.6. The Kier molecular flexibility index (Phi) is 5.22. The summed E-state index contributed by atoms with van der Waals surface area (Å²) in [6.45, 7) is 0. The van der Waals surface area contributed by atoms with E-state index in [0.717, 1.165) is 10.5 Å². The lowest BCUT2D eigenvalue weighted by Crippen LogP contribution is -1.96. The van der Waals surface area contributed by atoms with Crippen LogP contribution in [0, 0.1) is 0 Å². The lowest BCUT2D eigenvalue weighted by Gasteiger charge is -2.07. The van der Waals surface area contributed by atoms with Gasteiger partial charge in [0.2, 0.25) is 0 Å². The van der Waals surface area contributed by atoms with Crippen molar-refractivity contribution in [3.05, 3.63) is 62.6 Å². The summed E-state index contributed by atoms with van der Waals surface area (Å²) in [6, 6.07) is 9.93. The number of rotatable bonds is 4. The van der Waals surface area contributed by atoms with Gasteiger partial charge in [-0.1, -0.05) is 40.9 Å². The summed E-state index contributed by atoms with van der Waals surface area (Å²) in [5.74, 6) is -0.414. The molecule has 0 radical (unpaired) electrons. The average molecular weight is 348 g/mol. The Morgan fingerprint density at radius 1 is 1.05 bits per heavy atom. The van der Waals surface area contributed by atoms with Gasteiger partial charge in [0.05, 0.1) is 10.6 Å². The van der Waals surface area contributed by atoms with Gasteiger partial charge >= 0.3 is 5.97 Å². The monoisotopic (exact) mass is 346 g/mol. The fourth-order valence-electron chi connectivity index (χ4n) is 1.54. The second-order valence-corrected chi connectivity index (χ2v) is 6.24. The summed E-state index contributed by atoms with van der Waals surface area (Å²) in [5, 5.41) is 10.5. The van der Waals surface area contributed by atoms with Gasteiger partial charge in [0.15, 0.2) is 0 Å². The number of halogens is 3. The van der Waals surface area contributed by atoms with Gasteiger partial charge in [0.25, 0.3) is 0 Å². The molecule has 0 unspecified atom stereocenters. The standard InChI is InChI=1S/C14H9Cl3O2S/c15-10-3-4-11(16)13(6-10)20-7-9-2-1-8(14(18)19)5-12(9)17/h1-6H,7H2,(H,18,19). The van der Waals surface area contributed by atoms with Crippen molar-refractivity contribution < 1.29 is 9.90 Å². The van der Waals surface area contributed by atoms with Crippen molar-refractivity contribution in [1.29, 1.82) is 0 Å². The second-order valence-electron chi connectivity index (χ2n) is 3.97. The number of aromatic carboxylic acids is 1. The van der Waals surface area contributed by atoms with Crippen LogP contribution in [0.2, 0.25) is 15.1 Å². The van der Waals surface area contributed by atoms with Crippen LogP contribution in [0.15, 0.2) is 41.3 Å². The van der Waals surface area contributed by atoms with Gasteiger partial charge in [-0.05, 0) is 35.9 Å². The van der Waals surface area contributed by atoms with E-state index >= 15 is 0 Å². The first-order chi connectivity index (χ1) is 9.47. The van der Waals surface area contributed by atoms with E-state index in [1.54, 1.807) is 24.3 Å². The summed E-state index contributed by atoms with van der Waals surface area (Å²) in [5.41, 5.74) is 1.02. The van der Waals surface area contributed by atoms with Gasteiger partial charge in [0, 0.05) is 20.7 Å². The Hall–Kier alpha value is -0.870. The Labute approximate surface area is 135 Å². The molecule has 1 N–H and O–H groups in total. The SMILES string of the molecule is O=C(O)c1ccc(CSc2cc(Cl)ccc2Cl)c(Cl)c1. The first-order valence-electron chi connectivity index (χ1n) is 5.57. The third-order valence-corrected chi connectivity index (χ3v) is 4.71. The van der Waals surface area contributed by atoms with Crippen LogP contribution in [-0.2, 0) is 5.75 Å². The molecule has 2 rings (SSSR count). The molecule has 6 heteroatoms. The largest absolute Gasteiger partial charge is 0.478 e. The van der Waals surface area contributed by atoms with Crippen LogP contribution >= 0.6 is 46.6 Å². The lowest BCUT2D eigenvalue weighted by atomic mass is 10.1. The molecule has 2 aromatic rings. The smallest absolute Gasteiger partial charge is 0.335 e. The summed E-state index contributed by atoms with van der Waals surface area (Å²) in [6.07, 6.45) is 0. The topological polar surface area (TPSA) is 37.3 Å². The molecule has 0 atom stereocenters. The molecule has 0 aromatic heterocycles. The lowest BCUT2D eigenvalue weighted by molar-refractivity contribution is 0.0697. The zero-order valence-electron chi connectivity index (χ0n) is 10.1. The van der Waals surface area contributed by atoms with E-state index in [1.165, 1.54) is 23.9 Å². The molecule has 0 aliphatic rings. The number of thioether (sulfide) groups is 1. The van der Waals surface area contributed by atoms with Crippen molar-refractivity contribution in [2.75, 3.05) is 0 Å². The predicted molar refractivity (Wildman–Crippen MR) is 84.4 cm³/mol. The van der Waals surface area contributed by atoms with Crippen LogP contribution in [0.25, 0.3) is 0 Å². The predicted octanol–water partition coefficient (Wildman–Crippen LogP) is 5.64. The molecule has 104 valence electrons. The zero-order valence-corrected chi connectivity index (χ0v) is 13.2. The maximum absolute atomic E-state index is 10.8. The highest BCUT2D eigenvalue weighted by atomic mass is 35.5. The van der Waals surface area contributed by atoms with Crippen molar-refractivity contribution in [3.63, 3.8) is 0 Å². The van der Waals surface area contributed by atoms with Gasteiger partial charge in [0.1, 0.15) is 0 Å². The molecule has 0 amide bonds. The average Bonchev–Trinajstić information content (AvgIpc) is 2.40. The van der Waals surface area contributed by atoms with Crippen LogP contribution in [0.1, 0.15) is 15.9 Å². The van der Waals surface area contributed by atoms with Gasteiger partial charge < -0.3 is 5.11 Å². The molecule has 0 aliphatic heterocycles. The van der Waals surface area contributed by atoms with Crippen molar-refractivity contribution in [3.8, 4) is 0 Å². The molecule has 0 saturated carbocycles. The Morgan fingerprint density at radius 2 is 1.80 bits per heavy atom. The highest BCUT2D eigenvalue weighted by Crippen LogP contribution is 2.33. The fourth-order valence-corrected chi connectivity index (χ4v) is 3.36. The molecule has 0 bridgehead atoms. The first kappa shape index (κ1) is 15.5. The molecule has 0 spiro atoms. The Bertz CT molecular complexity index is 659. The van der Waals surface area contributed by atoms with Crippen molar-refractivity contribution >= 4 is 52.5 Å². The maximum atomic E-state index is 10.8. The summed E-state index contributed by atoms with van der Waals surface area (Å²) in [7, 11) is 0. The fraction of sp³-hybridized carbons (Fsp3) is 0.0714. The maximum Gasteiger partial charge on any atom is 0.335 e. The highest BCUT2D eigenvalue weighted by molar-refractivity contribution is 7.98. The molecule has 20 heavy (non-hydrogen) atoms. The molecule has 0 fully saturated rings. The molecule has 0 saturated heterocycles. The molecule has 2 nitrogen and oxygen atoms in total. The van der Waals surface area contributed by atoms with Crippen molar-refractivity contribution in [2.24, 2.45) is 0 Å². The number of carbonyl (C=O) groups is 1. The third kappa shape index (κ3) is 3.83. The van der Waals surface area contributed by atoms with E-state index in [2.05, 4.69) is 0 Å². The van der Waals surface area contributed by atoms with Crippen molar-refractivity contribution in [1.82, 2.24) is 0 Å². The highest BCUT2D eigenvalue weighted by Gasteiger charge is 2.09. The Morgan fingerprint density at radius 3 is 2.45 bits per heavy atom. The van der Waals surface area contributed by atoms with Crippen LogP contribution in [0.3, 0.4) is 0 Å². The van der Waals surface area contributed by atoms with E-state index in [0.29, 0.717) is 20.8 Å². The van der Waals surface area contributed by atoms with E-state index in [1.807, 2.05) is 0 Å². The number of carboxylic acid groups (broad SMARTS) is 1. The van der Waals surface area contributed by atoms with Crippen LogP contribution in [0.4, 0.5) is 0 Å². The van der Waals surface area contributed by atoms with E-state index in [9.17, 15) is 4.79 Å². The van der Waals surface area contributed by atoms with Gasteiger partial charge in [-0.25, -0.2) is 4.79 Å². The second kappa shape index (κ2) is 6.72. The van der Waals surface area contributed by atoms with E-state index in [-0.39, 0.29) is 5.56 Å². The van der Waals surface area contributed by atoms with Crippen LogP contribution in [0.5, 0.6) is 0 Å². The number of benzene rings is 2. The van der Waals surface area contributed by atoms with E-state index in [4.69, 9.17) is 39.9 Å². The van der Waals surface area contributed by atoms with Gasteiger partial charge in [-0.2, -0.15) is 0 Å². The molecule has 0 heterocycles. The van der Waals surface area contributed by atoms with Crippen molar-refractivity contribution in [2.45, 2.75) is 10.6 Å². The molecular weight excluding hydrogens is 339 g/mol. The molecule has 0 aliphatic carbocycles. The minimum Gasteiger partial charge on any atom is -0.478 e. The quantitative estimate of drug-likeness (QED) is 0.727. The minimum atomic E-state index is -0.996. The van der Waals surface area contributed by atoms with E-state index < -0.39 is 5.97 Å². The molecule has 2 aromatic carbocycles. The summed E-state index contributed by atoms with van der Waals surface area (Å²) < 4.78 is 0. The summed E-state index contributed by atoms with van der Waals surface area (Å²) in [4.78, 5) is 11.7. The Balaban J connectivity index is 2.15. The van der Waals surface area contributed by atoms with Crippen LogP contribution < -0.4 is 0 Å². The van der Waals surface area contributed by atoms with Gasteiger partial charge in [-0.15, -0.1) is 11.8 Å². The number of carboxylic acids is 1. The summed E-state index contributed by atoms with van der Waals surface area (Å²) >= 11 is 19.6.